The molecule has 1 aliphatic rings. The topological polar surface area (TPSA) is 34.2 Å². The molecule has 1 aromatic heterocycles. The molecule has 0 spiro atoms. The smallest absolute Gasteiger partial charge is 0.0900 e. The summed E-state index contributed by atoms with van der Waals surface area (Å²) in [4.78, 5) is 5.92. The van der Waals surface area contributed by atoms with Crippen molar-refractivity contribution in [3.05, 3.63) is 15.6 Å². The molecule has 1 saturated carbocycles. The summed E-state index contributed by atoms with van der Waals surface area (Å²) in [5, 5.41) is 4.66. The first-order chi connectivity index (χ1) is 9.16. The lowest BCUT2D eigenvalue weighted by molar-refractivity contribution is 0.0295. The zero-order chi connectivity index (χ0) is 13.7. The summed E-state index contributed by atoms with van der Waals surface area (Å²) in [6.45, 7) is 8.13. The molecule has 0 saturated heterocycles. The number of nitrogens with one attached hydrogen (secondary N) is 1. The van der Waals surface area contributed by atoms with Gasteiger partial charge in [0.1, 0.15) is 0 Å². The van der Waals surface area contributed by atoms with Crippen LogP contribution in [0.5, 0.6) is 0 Å². The molecular formula is C15H26N2OS. The lowest BCUT2D eigenvalue weighted by Crippen LogP contribution is -2.27. The van der Waals surface area contributed by atoms with E-state index in [4.69, 9.17) is 4.74 Å². The van der Waals surface area contributed by atoms with E-state index in [1.807, 2.05) is 0 Å². The highest BCUT2D eigenvalue weighted by Gasteiger charge is 2.14. The van der Waals surface area contributed by atoms with E-state index in [2.05, 4.69) is 31.1 Å². The van der Waals surface area contributed by atoms with Gasteiger partial charge in [-0.05, 0) is 33.6 Å². The van der Waals surface area contributed by atoms with Gasteiger partial charge in [0, 0.05) is 17.5 Å². The molecule has 1 aromatic rings. The fraction of sp³-hybridized carbons (Fsp3) is 0.800. The highest BCUT2D eigenvalue weighted by Crippen LogP contribution is 2.22. The van der Waals surface area contributed by atoms with Crippen molar-refractivity contribution in [3.63, 3.8) is 0 Å². The van der Waals surface area contributed by atoms with E-state index in [-0.39, 0.29) is 0 Å². The fourth-order valence-electron chi connectivity index (χ4n) is 2.78. The Kier molecular flexibility index (Phi) is 5.79. The summed E-state index contributed by atoms with van der Waals surface area (Å²) < 4.78 is 5.92. The molecule has 3 nitrogen and oxygen atoms in total. The molecule has 1 unspecified atom stereocenters. The van der Waals surface area contributed by atoms with Gasteiger partial charge in [0.05, 0.1) is 23.4 Å². The van der Waals surface area contributed by atoms with Gasteiger partial charge in [0.2, 0.25) is 0 Å². The molecule has 1 heterocycles. The summed E-state index contributed by atoms with van der Waals surface area (Å²) >= 11 is 1.78. The van der Waals surface area contributed by atoms with Gasteiger partial charge in [0.25, 0.3) is 0 Å². The van der Waals surface area contributed by atoms with Gasteiger partial charge in [-0.25, -0.2) is 4.98 Å². The van der Waals surface area contributed by atoms with Gasteiger partial charge in [-0.2, -0.15) is 0 Å². The molecule has 108 valence electrons. The molecule has 0 radical (unpaired) electrons. The monoisotopic (exact) mass is 282 g/mol. The normalized spacial score (nSPS) is 18.7. The average molecular weight is 282 g/mol. The summed E-state index contributed by atoms with van der Waals surface area (Å²) in [6.07, 6.45) is 7.07. The van der Waals surface area contributed by atoms with Crippen LogP contribution in [0.4, 0.5) is 0 Å². The predicted octanol–water partition coefficient (Wildman–Crippen LogP) is 3.76. The van der Waals surface area contributed by atoms with Crippen molar-refractivity contribution in [2.45, 2.75) is 65.0 Å². The standard InChI is InChI=1S/C15H26N2OS/c1-11(15-12(2)19-13(3)17-15)16-9-10-18-14-7-5-4-6-8-14/h11,14,16H,4-10H2,1-3H3. The third kappa shape index (κ3) is 4.55. The predicted molar refractivity (Wildman–Crippen MR) is 80.8 cm³/mol. The molecule has 1 fully saturated rings. The number of thiazole rings is 1. The van der Waals surface area contributed by atoms with Crippen LogP contribution in [-0.2, 0) is 4.74 Å². The van der Waals surface area contributed by atoms with Crippen LogP contribution in [0, 0.1) is 13.8 Å². The number of rotatable bonds is 6. The van der Waals surface area contributed by atoms with Crippen LogP contribution in [0.15, 0.2) is 0 Å². The van der Waals surface area contributed by atoms with Crippen LogP contribution >= 0.6 is 11.3 Å². The summed E-state index contributed by atoms with van der Waals surface area (Å²) in [5.41, 5.74) is 1.19. The van der Waals surface area contributed by atoms with E-state index >= 15 is 0 Å². The summed E-state index contributed by atoms with van der Waals surface area (Å²) in [7, 11) is 0. The first kappa shape index (κ1) is 14.9. The van der Waals surface area contributed by atoms with Crippen LogP contribution in [-0.4, -0.2) is 24.2 Å². The Balaban J connectivity index is 1.66. The first-order valence-corrected chi connectivity index (χ1v) is 8.27. The maximum atomic E-state index is 5.92. The number of hydrogen-bond acceptors (Lipinski definition) is 4. The van der Waals surface area contributed by atoms with E-state index in [0.29, 0.717) is 12.1 Å². The minimum absolute atomic E-state index is 0.319. The highest BCUT2D eigenvalue weighted by molar-refractivity contribution is 7.11. The van der Waals surface area contributed by atoms with E-state index in [1.54, 1.807) is 11.3 Å². The third-order valence-corrected chi connectivity index (χ3v) is 4.71. The maximum Gasteiger partial charge on any atom is 0.0900 e. The number of aryl methyl sites for hydroxylation is 2. The van der Waals surface area contributed by atoms with Crippen molar-refractivity contribution in [2.75, 3.05) is 13.2 Å². The van der Waals surface area contributed by atoms with Crippen molar-refractivity contribution < 1.29 is 4.74 Å². The third-order valence-electron chi connectivity index (χ3n) is 3.81. The van der Waals surface area contributed by atoms with E-state index in [9.17, 15) is 0 Å². The van der Waals surface area contributed by atoms with Gasteiger partial charge in [-0.3, -0.25) is 0 Å². The van der Waals surface area contributed by atoms with Crippen molar-refractivity contribution in [2.24, 2.45) is 0 Å². The molecule has 0 bridgehead atoms. The number of nitrogens with zero attached hydrogens (tertiary/aromatic N) is 1. The van der Waals surface area contributed by atoms with Crippen LogP contribution in [0.1, 0.15) is 60.6 Å². The Morgan fingerprint density at radius 3 is 2.68 bits per heavy atom. The zero-order valence-electron chi connectivity index (χ0n) is 12.4. The number of ether oxygens (including phenoxy) is 1. The summed E-state index contributed by atoms with van der Waals surface area (Å²) in [5.74, 6) is 0. The minimum atomic E-state index is 0.319. The van der Waals surface area contributed by atoms with Gasteiger partial charge >= 0.3 is 0 Å². The van der Waals surface area contributed by atoms with Crippen molar-refractivity contribution in [1.82, 2.24) is 10.3 Å². The Labute approximate surface area is 120 Å². The molecule has 1 aliphatic carbocycles. The average Bonchev–Trinajstić information content (AvgIpc) is 2.75. The van der Waals surface area contributed by atoms with E-state index < -0.39 is 0 Å². The van der Waals surface area contributed by atoms with Crippen molar-refractivity contribution in [1.29, 1.82) is 0 Å². The van der Waals surface area contributed by atoms with Gasteiger partial charge in [0.15, 0.2) is 0 Å². The second-order valence-electron chi connectivity index (χ2n) is 5.48. The van der Waals surface area contributed by atoms with Crippen molar-refractivity contribution >= 4 is 11.3 Å². The SMILES string of the molecule is Cc1nc(C(C)NCCOC2CCCCC2)c(C)s1. The van der Waals surface area contributed by atoms with Gasteiger partial charge in [-0.1, -0.05) is 19.3 Å². The van der Waals surface area contributed by atoms with Crippen LogP contribution in [0.2, 0.25) is 0 Å². The van der Waals surface area contributed by atoms with Gasteiger partial charge in [-0.15, -0.1) is 11.3 Å². The molecule has 1 atom stereocenters. The fourth-order valence-corrected chi connectivity index (χ4v) is 3.69. The Bertz CT molecular complexity index is 385. The second kappa shape index (κ2) is 7.36. The number of hydrogen-bond donors (Lipinski definition) is 1. The molecule has 1 N–H and O–H groups in total. The van der Waals surface area contributed by atoms with Crippen LogP contribution in [0.3, 0.4) is 0 Å². The highest BCUT2D eigenvalue weighted by atomic mass is 32.1. The van der Waals surface area contributed by atoms with Gasteiger partial charge < -0.3 is 10.1 Å². The lowest BCUT2D eigenvalue weighted by Gasteiger charge is -2.22. The molecule has 0 aromatic carbocycles. The largest absolute Gasteiger partial charge is 0.377 e. The van der Waals surface area contributed by atoms with E-state index in [1.165, 1.54) is 42.7 Å². The second-order valence-corrected chi connectivity index (χ2v) is 6.89. The summed E-state index contributed by atoms with van der Waals surface area (Å²) in [6, 6.07) is 0.319. The maximum absolute atomic E-state index is 5.92. The Morgan fingerprint density at radius 2 is 2.05 bits per heavy atom. The molecule has 0 amide bonds. The molecule has 2 rings (SSSR count). The quantitative estimate of drug-likeness (QED) is 0.807. The molecular weight excluding hydrogens is 256 g/mol. The zero-order valence-corrected chi connectivity index (χ0v) is 13.2. The van der Waals surface area contributed by atoms with E-state index in [0.717, 1.165) is 18.2 Å². The minimum Gasteiger partial charge on any atom is -0.377 e. The van der Waals surface area contributed by atoms with Crippen LogP contribution < -0.4 is 5.32 Å². The number of aromatic nitrogens is 1. The van der Waals surface area contributed by atoms with Crippen molar-refractivity contribution in [3.8, 4) is 0 Å². The Morgan fingerprint density at radius 1 is 1.32 bits per heavy atom. The molecule has 4 heteroatoms. The lowest BCUT2D eigenvalue weighted by atomic mass is 9.98. The van der Waals surface area contributed by atoms with Crippen LogP contribution in [0.25, 0.3) is 0 Å². The molecule has 19 heavy (non-hydrogen) atoms. The Hall–Kier alpha value is -0.450. The first-order valence-electron chi connectivity index (χ1n) is 7.45. The molecule has 0 aliphatic heterocycles.